The molecule has 1 N–H and O–H groups in total. The molecule has 1 aromatic rings. The van der Waals surface area contributed by atoms with Crippen LogP contribution in [0, 0.1) is 0 Å². The molecule has 1 fully saturated rings. The van der Waals surface area contributed by atoms with E-state index in [2.05, 4.69) is 14.9 Å². The number of rotatable bonds is 1. The van der Waals surface area contributed by atoms with Gasteiger partial charge in [-0.2, -0.15) is 0 Å². The second-order valence-electron chi connectivity index (χ2n) is 4.15. The van der Waals surface area contributed by atoms with Crippen molar-refractivity contribution in [1.29, 1.82) is 0 Å². The maximum Gasteiger partial charge on any atom is 0.150 e. The van der Waals surface area contributed by atoms with Crippen molar-refractivity contribution in [3.8, 4) is 0 Å². The van der Waals surface area contributed by atoms with Gasteiger partial charge >= 0.3 is 0 Å². The van der Waals surface area contributed by atoms with Gasteiger partial charge in [0.2, 0.25) is 0 Å². The maximum atomic E-state index is 6.18. The number of imidazole rings is 1. The van der Waals surface area contributed by atoms with Crippen LogP contribution in [0.15, 0.2) is 0 Å². The fourth-order valence-electron chi connectivity index (χ4n) is 2.59. The Balaban J connectivity index is 2.02. The van der Waals surface area contributed by atoms with E-state index < -0.39 is 0 Å². The molecule has 0 spiro atoms. The predicted molar refractivity (Wildman–Crippen MR) is 55.8 cm³/mol. The Morgan fingerprint density at radius 3 is 3.21 bits per heavy atom. The first-order valence-corrected chi connectivity index (χ1v) is 5.69. The van der Waals surface area contributed by atoms with Crippen LogP contribution in [0.1, 0.15) is 30.3 Å². The Morgan fingerprint density at radius 2 is 2.43 bits per heavy atom. The van der Waals surface area contributed by atoms with Crippen LogP contribution in [-0.2, 0) is 13.0 Å². The zero-order chi connectivity index (χ0) is 9.54. The Hall–Kier alpha value is -0.540. The summed E-state index contributed by atoms with van der Waals surface area (Å²) >= 11 is 6.18. The van der Waals surface area contributed by atoms with Crippen LogP contribution in [-0.4, -0.2) is 22.6 Å². The van der Waals surface area contributed by atoms with Gasteiger partial charge in [0.15, 0.2) is 5.15 Å². The first-order valence-electron chi connectivity index (χ1n) is 5.32. The van der Waals surface area contributed by atoms with E-state index in [1.54, 1.807) is 0 Å². The Labute approximate surface area is 88.5 Å². The Morgan fingerprint density at radius 1 is 1.50 bits per heavy atom. The summed E-state index contributed by atoms with van der Waals surface area (Å²) in [6.07, 6.45) is 3.53. The van der Waals surface area contributed by atoms with Crippen molar-refractivity contribution in [3.63, 3.8) is 0 Å². The molecule has 3 nitrogen and oxygen atoms in total. The molecule has 0 radical (unpaired) electrons. The van der Waals surface area contributed by atoms with Crippen LogP contribution in [0.2, 0.25) is 5.15 Å². The highest BCUT2D eigenvalue weighted by Crippen LogP contribution is 2.32. The van der Waals surface area contributed by atoms with E-state index in [-0.39, 0.29) is 0 Å². The molecule has 2 aliphatic heterocycles. The summed E-state index contributed by atoms with van der Waals surface area (Å²) in [5.41, 5.74) is 1.28. The van der Waals surface area contributed by atoms with Gasteiger partial charge in [0.25, 0.3) is 0 Å². The average Bonchev–Trinajstić information content (AvgIpc) is 2.78. The number of hydrogen-bond acceptors (Lipinski definition) is 2. The van der Waals surface area contributed by atoms with E-state index in [9.17, 15) is 0 Å². The molecule has 0 aliphatic carbocycles. The first-order chi connectivity index (χ1) is 6.86. The maximum absolute atomic E-state index is 6.18. The number of fused-ring (bicyclic) bond motifs is 1. The number of aromatic nitrogens is 2. The third-order valence-electron chi connectivity index (χ3n) is 3.27. The Bertz CT molecular complexity index is 352. The Kier molecular flexibility index (Phi) is 2.03. The van der Waals surface area contributed by atoms with Gasteiger partial charge in [0.1, 0.15) is 5.82 Å². The van der Waals surface area contributed by atoms with Crippen molar-refractivity contribution >= 4 is 11.6 Å². The summed E-state index contributed by atoms with van der Waals surface area (Å²) in [4.78, 5) is 4.44. The van der Waals surface area contributed by atoms with Crippen molar-refractivity contribution in [2.75, 3.05) is 13.1 Å². The molecule has 14 heavy (non-hydrogen) atoms. The molecule has 0 aromatic carbocycles. The molecule has 0 bridgehead atoms. The number of nitrogens with zero attached hydrogens (tertiary/aromatic N) is 2. The minimum absolute atomic E-state index is 0.585. The molecule has 1 unspecified atom stereocenters. The highest BCUT2D eigenvalue weighted by atomic mass is 35.5. The SMILES string of the molecule is Clc1nc2n(c1C1CCNC1)CCC2. The molecule has 0 saturated carbocycles. The van der Waals surface area contributed by atoms with Crippen LogP contribution < -0.4 is 5.32 Å². The summed E-state index contributed by atoms with van der Waals surface area (Å²) in [5, 5.41) is 4.12. The van der Waals surface area contributed by atoms with Gasteiger partial charge in [-0.05, 0) is 19.4 Å². The average molecular weight is 212 g/mol. The molecule has 3 rings (SSSR count). The molecule has 2 aliphatic rings. The molecule has 1 aromatic heterocycles. The fourth-order valence-corrected chi connectivity index (χ4v) is 2.95. The van der Waals surface area contributed by atoms with Crippen molar-refractivity contribution in [1.82, 2.24) is 14.9 Å². The van der Waals surface area contributed by atoms with Crippen LogP contribution in [0.25, 0.3) is 0 Å². The molecule has 1 atom stereocenters. The van der Waals surface area contributed by atoms with Crippen molar-refractivity contribution < 1.29 is 0 Å². The molecular formula is C10H14ClN3. The lowest BCUT2D eigenvalue weighted by Crippen LogP contribution is -2.11. The number of hydrogen-bond donors (Lipinski definition) is 1. The third-order valence-corrected chi connectivity index (χ3v) is 3.55. The molecule has 1 saturated heterocycles. The third kappa shape index (κ3) is 1.19. The minimum atomic E-state index is 0.585. The number of nitrogens with one attached hydrogen (secondary N) is 1. The summed E-state index contributed by atoms with van der Waals surface area (Å²) in [6, 6.07) is 0. The van der Waals surface area contributed by atoms with Gasteiger partial charge in [-0.15, -0.1) is 0 Å². The van der Waals surface area contributed by atoms with Crippen molar-refractivity contribution in [2.45, 2.75) is 31.7 Å². The fraction of sp³-hybridized carbons (Fsp3) is 0.700. The summed E-state index contributed by atoms with van der Waals surface area (Å²) in [6.45, 7) is 3.28. The van der Waals surface area contributed by atoms with E-state index in [0.29, 0.717) is 5.92 Å². The van der Waals surface area contributed by atoms with E-state index in [1.165, 1.54) is 24.4 Å². The highest BCUT2D eigenvalue weighted by Gasteiger charge is 2.27. The lowest BCUT2D eigenvalue weighted by Gasteiger charge is -2.11. The first kappa shape index (κ1) is 8.74. The van der Waals surface area contributed by atoms with Gasteiger partial charge < -0.3 is 9.88 Å². The van der Waals surface area contributed by atoms with Crippen LogP contribution in [0.5, 0.6) is 0 Å². The lowest BCUT2D eigenvalue weighted by atomic mass is 10.1. The monoisotopic (exact) mass is 211 g/mol. The van der Waals surface area contributed by atoms with Crippen molar-refractivity contribution in [3.05, 3.63) is 16.7 Å². The van der Waals surface area contributed by atoms with Gasteiger partial charge in [-0.3, -0.25) is 0 Å². The van der Waals surface area contributed by atoms with Gasteiger partial charge in [-0.1, -0.05) is 11.6 Å². The standard InChI is InChI=1S/C10H14ClN3/c11-10-9(7-3-4-12-6-7)14-5-1-2-8(14)13-10/h7,12H,1-6H2. The minimum Gasteiger partial charge on any atom is -0.330 e. The van der Waals surface area contributed by atoms with E-state index in [1.807, 2.05) is 0 Å². The van der Waals surface area contributed by atoms with E-state index in [4.69, 9.17) is 11.6 Å². The summed E-state index contributed by atoms with van der Waals surface area (Å²) < 4.78 is 2.33. The van der Waals surface area contributed by atoms with Gasteiger partial charge in [-0.25, -0.2) is 4.98 Å². The predicted octanol–water partition coefficient (Wildman–Crippen LogP) is 1.56. The van der Waals surface area contributed by atoms with Crippen LogP contribution >= 0.6 is 11.6 Å². The quantitative estimate of drug-likeness (QED) is 0.764. The summed E-state index contributed by atoms with van der Waals surface area (Å²) in [5.74, 6) is 1.78. The largest absolute Gasteiger partial charge is 0.330 e. The molecular weight excluding hydrogens is 198 g/mol. The van der Waals surface area contributed by atoms with Gasteiger partial charge in [0.05, 0.1) is 5.69 Å². The van der Waals surface area contributed by atoms with Crippen LogP contribution in [0.4, 0.5) is 0 Å². The van der Waals surface area contributed by atoms with Crippen molar-refractivity contribution in [2.24, 2.45) is 0 Å². The molecule has 4 heteroatoms. The zero-order valence-corrected chi connectivity index (χ0v) is 8.85. The second kappa shape index (κ2) is 3.24. The number of halogens is 1. The summed E-state index contributed by atoms with van der Waals surface area (Å²) in [7, 11) is 0. The second-order valence-corrected chi connectivity index (χ2v) is 4.51. The van der Waals surface area contributed by atoms with E-state index in [0.717, 1.165) is 31.2 Å². The normalized spacial score (nSPS) is 25.6. The number of aryl methyl sites for hydroxylation is 1. The van der Waals surface area contributed by atoms with Gasteiger partial charge in [0, 0.05) is 25.4 Å². The topological polar surface area (TPSA) is 29.9 Å². The molecule has 76 valence electrons. The zero-order valence-electron chi connectivity index (χ0n) is 8.09. The smallest absolute Gasteiger partial charge is 0.150 e. The molecule has 3 heterocycles. The van der Waals surface area contributed by atoms with Crippen LogP contribution in [0.3, 0.4) is 0 Å². The lowest BCUT2D eigenvalue weighted by molar-refractivity contribution is 0.640. The highest BCUT2D eigenvalue weighted by molar-refractivity contribution is 6.30. The molecule has 0 amide bonds. The van der Waals surface area contributed by atoms with E-state index >= 15 is 0 Å².